The van der Waals surface area contributed by atoms with Gasteiger partial charge in [-0.2, -0.15) is 0 Å². The van der Waals surface area contributed by atoms with Crippen molar-refractivity contribution in [3.63, 3.8) is 0 Å². The van der Waals surface area contributed by atoms with Gasteiger partial charge >= 0.3 is 5.97 Å². The number of aromatic hydroxyl groups is 1. The van der Waals surface area contributed by atoms with E-state index in [0.717, 1.165) is 0 Å². The molecule has 12 heteroatoms. The zero-order valence-corrected chi connectivity index (χ0v) is 16.3. The lowest BCUT2D eigenvalue weighted by Gasteiger charge is -2.18. The standard InChI is InChI=1S/C18H25N5O7/c1-9(16(27)23-13(18(29)30)7-14(20)25)22-15(26)8-21-17(28)12(19)6-10-2-4-11(24)5-3-10/h2-5,9,12-13,24H,6-8,19H2,1H3,(H2,20,25)(H,21,28)(H,22,26)(H,23,27)(H,29,30). The summed E-state index contributed by atoms with van der Waals surface area (Å²) in [6, 6.07) is 2.54. The molecule has 3 unspecified atom stereocenters. The van der Waals surface area contributed by atoms with Crippen molar-refractivity contribution in [2.75, 3.05) is 6.54 Å². The lowest BCUT2D eigenvalue weighted by molar-refractivity contribution is -0.143. The predicted octanol–water partition coefficient (Wildman–Crippen LogP) is -2.67. The summed E-state index contributed by atoms with van der Waals surface area (Å²) in [5.41, 5.74) is 11.4. The molecule has 164 valence electrons. The molecule has 0 saturated heterocycles. The SMILES string of the molecule is CC(NC(=O)CNC(=O)C(N)Cc1ccc(O)cc1)C(=O)NC(CC(N)=O)C(=O)O. The summed E-state index contributed by atoms with van der Waals surface area (Å²) in [5, 5.41) is 24.9. The molecule has 0 aliphatic carbocycles. The Labute approximate surface area is 172 Å². The number of primary amides is 1. The Bertz CT molecular complexity index is 797. The van der Waals surface area contributed by atoms with Crippen LogP contribution in [-0.4, -0.2) is 64.5 Å². The quantitative estimate of drug-likeness (QED) is 0.199. The van der Waals surface area contributed by atoms with Gasteiger partial charge < -0.3 is 37.6 Å². The van der Waals surface area contributed by atoms with E-state index in [9.17, 15) is 29.1 Å². The van der Waals surface area contributed by atoms with Gasteiger partial charge in [-0.15, -0.1) is 0 Å². The highest BCUT2D eigenvalue weighted by Crippen LogP contribution is 2.10. The van der Waals surface area contributed by atoms with Crippen molar-refractivity contribution >= 4 is 29.6 Å². The van der Waals surface area contributed by atoms with Gasteiger partial charge in [-0.1, -0.05) is 12.1 Å². The Morgan fingerprint density at radius 1 is 1.03 bits per heavy atom. The molecule has 12 nitrogen and oxygen atoms in total. The van der Waals surface area contributed by atoms with Gasteiger partial charge in [-0.3, -0.25) is 19.2 Å². The average Bonchev–Trinajstić information content (AvgIpc) is 2.66. The number of nitrogens with one attached hydrogen (secondary N) is 3. The number of carboxylic acid groups (broad SMARTS) is 1. The van der Waals surface area contributed by atoms with E-state index in [2.05, 4.69) is 16.0 Å². The maximum Gasteiger partial charge on any atom is 0.326 e. The number of aliphatic carboxylic acids is 1. The number of carbonyl (C=O) groups excluding carboxylic acids is 4. The molecule has 0 heterocycles. The fourth-order valence-corrected chi connectivity index (χ4v) is 2.33. The largest absolute Gasteiger partial charge is 0.508 e. The number of benzene rings is 1. The number of phenolic OH excluding ortho intramolecular Hbond substituents is 1. The van der Waals surface area contributed by atoms with Crippen LogP contribution in [0.2, 0.25) is 0 Å². The molecule has 9 N–H and O–H groups in total. The lowest BCUT2D eigenvalue weighted by atomic mass is 10.1. The summed E-state index contributed by atoms with van der Waals surface area (Å²) in [6.45, 7) is 0.845. The van der Waals surface area contributed by atoms with Crippen molar-refractivity contribution in [2.45, 2.75) is 37.9 Å². The number of rotatable bonds is 11. The third kappa shape index (κ3) is 8.56. The highest BCUT2D eigenvalue weighted by atomic mass is 16.4. The maximum absolute atomic E-state index is 12.0. The Morgan fingerprint density at radius 2 is 1.63 bits per heavy atom. The molecule has 0 bridgehead atoms. The van der Waals surface area contributed by atoms with E-state index < -0.39 is 60.7 Å². The summed E-state index contributed by atoms with van der Waals surface area (Å²) in [7, 11) is 0. The van der Waals surface area contributed by atoms with E-state index in [1.165, 1.54) is 19.1 Å². The number of hydrogen-bond donors (Lipinski definition) is 7. The Kier molecular flexibility index (Phi) is 9.23. The number of amides is 4. The summed E-state index contributed by atoms with van der Waals surface area (Å²) in [5.74, 6) is -4.42. The van der Waals surface area contributed by atoms with Gasteiger partial charge in [-0.25, -0.2) is 4.79 Å². The number of hydrogen-bond acceptors (Lipinski definition) is 7. The van der Waals surface area contributed by atoms with Crippen molar-refractivity contribution in [1.29, 1.82) is 0 Å². The van der Waals surface area contributed by atoms with Crippen LogP contribution in [0.1, 0.15) is 18.9 Å². The molecular weight excluding hydrogens is 398 g/mol. The number of carboxylic acids is 1. The van der Waals surface area contributed by atoms with Crippen LogP contribution in [0.15, 0.2) is 24.3 Å². The number of nitrogens with two attached hydrogens (primary N) is 2. The molecule has 0 aliphatic heterocycles. The van der Waals surface area contributed by atoms with Crippen LogP contribution in [0, 0.1) is 0 Å². The number of phenols is 1. The minimum absolute atomic E-state index is 0.0795. The molecular formula is C18H25N5O7. The van der Waals surface area contributed by atoms with Crippen molar-refractivity contribution in [3.8, 4) is 5.75 Å². The van der Waals surface area contributed by atoms with Crippen molar-refractivity contribution in [1.82, 2.24) is 16.0 Å². The first-order valence-electron chi connectivity index (χ1n) is 8.91. The third-order valence-electron chi connectivity index (χ3n) is 3.94. The fraction of sp³-hybridized carbons (Fsp3) is 0.389. The van der Waals surface area contributed by atoms with Crippen LogP contribution in [-0.2, 0) is 30.4 Å². The van der Waals surface area contributed by atoms with Gasteiger partial charge in [0, 0.05) is 0 Å². The highest BCUT2D eigenvalue weighted by Gasteiger charge is 2.25. The zero-order valence-electron chi connectivity index (χ0n) is 16.3. The molecule has 1 aromatic carbocycles. The molecule has 0 aromatic heterocycles. The van der Waals surface area contributed by atoms with Crippen LogP contribution < -0.4 is 27.4 Å². The van der Waals surface area contributed by atoms with Gasteiger partial charge in [0.15, 0.2) is 0 Å². The van der Waals surface area contributed by atoms with E-state index in [1.54, 1.807) is 12.1 Å². The van der Waals surface area contributed by atoms with Gasteiger partial charge in [0.25, 0.3) is 0 Å². The first-order chi connectivity index (χ1) is 14.0. The van der Waals surface area contributed by atoms with E-state index in [1.807, 2.05) is 0 Å². The molecule has 1 rings (SSSR count). The second-order valence-electron chi connectivity index (χ2n) is 6.55. The summed E-state index contributed by atoms with van der Waals surface area (Å²) >= 11 is 0. The molecule has 1 aromatic rings. The molecule has 0 saturated carbocycles. The van der Waals surface area contributed by atoms with Gasteiger partial charge in [0.2, 0.25) is 23.6 Å². The van der Waals surface area contributed by atoms with Gasteiger partial charge in [-0.05, 0) is 31.0 Å². The third-order valence-corrected chi connectivity index (χ3v) is 3.94. The van der Waals surface area contributed by atoms with Crippen molar-refractivity contribution in [3.05, 3.63) is 29.8 Å². The van der Waals surface area contributed by atoms with E-state index >= 15 is 0 Å². The predicted molar refractivity (Wildman–Crippen MR) is 104 cm³/mol. The molecule has 3 atom stereocenters. The Balaban J connectivity index is 2.45. The first kappa shape index (κ1) is 24.4. The topological polar surface area (TPSA) is 214 Å². The molecule has 0 fully saturated rings. The fourth-order valence-electron chi connectivity index (χ4n) is 2.33. The molecule has 0 radical (unpaired) electrons. The second kappa shape index (κ2) is 11.4. The smallest absolute Gasteiger partial charge is 0.326 e. The zero-order chi connectivity index (χ0) is 22.8. The minimum Gasteiger partial charge on any atom is -0.508 e. The van der Waals surface area contributed by atoms with Crippen LogP contribution in [0.4, 0.5) is 0 Å². The monoisotopic (exact) mass is 423 g/mol. The Hall–Kier alpha value is -3.67. The summed E-state index contributed by atoms with van der Waals surface area (Å²) in [4.78, 5) is 57.8. The van der Waals surface area contributed by atoms with Crippen molar-refractivity contribution in [2.24, 2.45) is 11.5 Å². The van der Waals surface area contributed by atoms with Crippen molar-refractivity contribution < 1.29 is 34.2 Å². The van der Waals surface area contributed by atoms with Gasteiger partial charge in [0.05, 0.1) is 19.0 Å². The summed E-state index contributed by atoms with van der Waals surface area (Å²) < 4.78 is 0. The lowest BCUT2D eigenvalue weighted by Crippen LogP contribution is -2.53. The average molecular weight is 423 g/mol. The van der Waals surface area contributed by atoms with Crippen LogP contribution in [0.25, 0.3) is 0 Å². The van der Waals surface area contributed by atoms with E-state index in [-0.39, 0.29) is 12.2 Å². The highest BCUT2D eigenvalue weighted by molar-refractivity contribution is 5.93. The Morgan fingerprint density at radius 3 is 2.17 bits per heavy atom. The molecule has 0 spiro atoms. The maximum atomic E-state index is 12.0. The van der Waals surface area contributed by atoms with E-state index in [0.29, 0.717) is 5.56 Å². The van der Waals surface area contributed by atoms with Crippen LogP contribution in [0.3, 0.4) is 0 Å². The normalized spacial score (nSPS) is 13.4. The first-order valence-corrected chi connectivity index (χ1v) is 8.91. The van der Waals surface area contributed by atoms with Crippen LogP contribution >= 0.6 is 0 Å². The summed E-state index contributed by atoms with van der Waals surface area (Å²) in [6.07, 6.45) is -0.417. The second-order valence-corrected chi connectivity index (χ2v) is 6.55. The number of carbonyl (C=O) groups is 5. The van der Waals surface area contributed by atoms with Gasteiger partial charge in [0.1, 0.15) is 17.8 Å². The molecule has 30 heavy (non-hydrogen) atoms. The van der Waals surface area contributed by atoms with E-state index in [4.69, 9.17) is 16.6 Å². The minimum atomic E-state index is -1.52. The molecule has 4 amide bonds. The molecule has 0 aliphatic rings. The van der Waals surface area contributed by atoms with Crippen LogP contribution in [0.5, 0.6) is 5.75 Å².